The molecule has 2 aromatic carbocycles. The number of nitrogens with zero attached hydrogens (tertiary/aromatic N) is 2. The number of anilines is 2. The quantitative estimate of drug-likeness (QED) is 0.349. The summed E-state index contributed by atoms with van der Waals surface area (Å²) in [5, 5.41) is 12.8. The highest BCUT2D eigenvalue weighted by Gasteiger charge is 2.50. The summed E-state index contributed by atoms with van der Waals surface area (Å²) in [6.07, 6.45) is 3.23. The molecule has 1 fully saturated rings. The Morgan fingerprint density at radius 2 is 1.87 bits per heavy atom. The van der Waals surface area contributed by atoms with Gasteiger partial charge in [0.15, 0.2) is 0 Å². The molecule has 3 unspecified atom stereocenters. The molecule has 1 aliphatic carbocycles. The Labute approximate surface area is 222 Å². The molecule has 0 saturated heterocycles. The van der Waals surface area contributed by atoms with Gasteiger partial charge in [0.25, 0.3) is 4.92 Å². The number of nitrogens with one attached hydrogen (secondary N) is 1. The highest BCUT2D eigenvalue weighted by atomic mass is 16.6. The van der Waals surface area contributed by atoms with E-state index in [4.69, 9.17) is 9.62 Å². The van der Waals surface area contributed by atoms with E-state index in [0.717, 1.165) is 30.6 Å². The summed E-state index contributed by atoms with van der Waals surface area (Å²) in [5.41, 5.74) is 2.25. The third-order valence-corrected chi connectivity index (χ3v) is 7.66. The number of Topliss-reactive ketones (excluding diaryl/α,β-unsaturated/α-hetero) is 1. The van der Waals surface area contributed by atoms with Gasteiger partial charge >= 0.3 is 5.69 Å². The van der Waals surface area contributed by atoms with Crippen molar-refractivity contribution in [3.05, 3.63) is 71.3 Å². The number of benzene rings is 2. The van der Waals surface area contributed by atoms with E-state index in [1.54, 1.807) is 17.0 Å². The van der Waals surface area contributed by atoms with Crippen LogP contribution in [0.3, 0.4) is 0 Å². The molecular formula is C30H34N3O5+. The maximum atomic E-state index is 13.8. The lowest BCUT2D eigenvalue weighted by atomic mass is 9.67. The molecule has 1 saturated carbocycles. The SMILES string of the molecule is CCCCC(=O)N1c2ccccc2NC2CC(C)(C)CC(=O)C2C1c1ccc(-c2ccc([N+](=O)O)cc2)o1. The lowest BCUT2D eigenvalue weighted by molar-refractivity contribution is -0.729. The van der Waals surface area contributed by atoms with Crippen molar-refractivity contribution in [1.82, 2.24) is 0 Å². The van der Waals surface area contributed by atoms with Crippen LogP contribution >= 0.6 is 0 Å². The number of furan rings is 1. The zero-order valence-corrected chi connectivity index (χ0v) is 22.0. The largest absolute Gasteiger partial charge is 0.459 e. The first-order valence-electron chi connectivity index (χ1n) is 13.2. The van der Waals surface area contributed by atoms with Gasteiger partial charge in [0.2, 0.25) is 5.91 Å². The summed E-state index contributed by atoms with van der Waals surface area (Å²) in [7, 11) is 0. The Hall–Kier alpha value is -3.94. The van der Waals surface area contributed by atoms with Crippen LogP contribution in [0.15, 0.2) is 65.1 Å². The summed E-state index contributed by atoms with van der Waals surface area (Å²) in [5.74, 6) is 0.693. The van der Waals surface area contributed by atoms with Gasteiger partial charge in [-0.2, -0.15) is 0 Å². The fourth-order valence-electron chi connectivity index (χ4n) is 5.92. The predicted octanol–water partition coefficient (Wildman–Crippen LogP) is 6.81. The van der Waals surface area contributed by atoms with Gasteiger partial charge in [-0.1, -0.05) is 39.3 Å². The van der Waals surface area contributed by atoms with Gasteiger partial charge in [-0.25, -0.2) is 5.21 Å². The Morgan fingerprint density at radius 3 is 2.58 bits per heavy atom. The molecule has 2 aliphatic rings. The first-order valence-corrected chi connectivity index (χ1v) is 13.2. The van der Waals surface area contributed by atoms with Gasteiger partial charge in [0.1, 0.15) is 23.3 Å². The number of para-hydroxylation sites is 2. The van der Waals surface area contributed by atoms with Gasteiger partial charge in [-0.15, -0.1) is 0 Å². The lowest BCUT2D eigenvalue weighted by Crippen LogP contribution is -2.50. The number of hydrogen-bond donors (Lipinski definition) is 2. The molecule has 3 atom stereocenters. The summed E-state index contributed by atoms with van der Waals surface area (Å²) in [4.78, 5) is 40.4. The average molecular weight is 517 g/mol. The van der Waals surface area contributed by atoms with E-state index in [1.165, 1.54) is 12.1 Å². The average Bonchev–Trinajstić information content (AvgIpc) is 3.31. The fraction of sp³-hybridized carbons (Fsp3) is 0.400. The summed E-state index contributed by atoms with van der Waals surface area (Å²) < 4.78 is 6.39. The van der Waals surface area contributed by atoms with E-state index in [9.17, 15) is 14.5 Å². The molecule has 2 heterocycles. The van der Waals surface area contributed by atoms with Gasteiger partial charge in [0, 0.05) is 36.6 Å². The number of ketones is 1. The van der Waals surface area contributed by atoms with E-state index in [0.29, 0.717) is 29.9 Å². The number of unbranched alkanes of at least 4 members (excludes halogenated alkanes) is 1. The maximum Gasteiger partial charge on any atom is 0.316 e. The predicted molar refractivity (Wildman–Crippen MR) is 144 cm³/mol. The molecular weight excluding hydrogens is 482 g/mol. The van der Waals surface area contributed by atoms with Crippen LogP contribution < -0.4 is 10.2 Å². The number of carbonyl (C=O) groups excluding carboxylic acids is 2. The van der Waals surface area contributed by atoms with E-state index < -0.39 is 12.0 Å². The number of hydrogen-bond acceptors (Lipinski definition) is 5. The standard InChI is InChI=1S/C30H34N3O5/c1-4-5-10-27(35)32-23-9-7-6-8-21(23)31-22-17-30(2,3)18-24(34)28(22)29(32)26-16-15-25(38-26)19-11-13-20(14-12-19)33(36)37/h6-9,11-16,22,28-29,31H,4-5,10,17-18H2,1-3H3,(H,36,37)/q+1. The van der Waals surface area contributed by atoms with Crippen LogP contribution in [0.1, 0.15) is 64.7 Å². The van der Waals surface area contributed by atoms with Crippen LogP contribution in [0.25, 0.3) is 11.3 Å². The van der Waals surface area contributed by atoms with E-state index >= 15 is 0 Å². The molecule has 8 nitrogen and oxygen atoms in total. The lowest BCUT2D eigenvalue weighted by Gasteiger charge is -2.43. The van der Waals surface area contributed by atoms with Crippen molar-refractivity contribution in [3.63, 3.8) is 0 Å². The Morgan fingerprint density at radius 1 is 1.13 bits per heavy atom. The molecule has 1 aromatic heterocycles. The fourth-order valence-corrected chi connectivity index (χ4v) is 5.92. The number of carbonyl (C=O) groups is 2. The van der Waals surface area contributed by atoms with Gasteiger partial charge in [0.05, 0.1) is 22.2 Å². The third kappa shape index (κ3) is 4.83. The van der Waals surface area contributed by atoms with Gasteiger partial charge in [-0.3, -0.25) is 14.5 Å². The topological polar surface area (TPSA) is 103 Å². The molecule has 0 radical (unpaired) electrons. The van der Waals surface area contributed by atoms with Crippen LogP contribution in [-0.4, -0.2) is 27.9 Å². The second kappa shape index (κ2) is 10.1. The van der Waals surface area contributed by atoms with Crippen molar-refractivity contribution in [2.75, 3.05) is 10.2 Å². The van der Waals surface area contributed by atoms with Crippen molar-refractivity contribution in [1.29, 1.82) is 0 Å². The first kappa shape index (κ1) is 25.7. The number of rotatable bonds is 6. The second-order valence-corrected chi connectivity index (χ2v) is 11.1. The minimum absolute atomic E-state index is 0.0369. The summed E-state index contributed by atoms with van der Waals surface area (Å²) in [6, 6.07) is 17.0. The first-order chi connectivity index (χ1) is 18.2. The normalized spacial score (nSPS) is 22.1. The summed E-state index contributed by atoms with van der Waals surface area (Å²) in [6.45, 7) is 6.28. The van der Waals surface area contributed by atoms with Crippen LogP contribution in [0.5, 0.6) is 0 Å². The minimum atomic E-state index is -0.605. The monoisotopic (exact) mass is 516 g/mol. The zero-order valence-electron chi connectivity index (χ0n) is 22.0. The molecule has 1 aliphatic heterocycles. The Kier molecular flexibility index (Phi) is 6.82. The molecule has 3 aromatic rings. The van der Waals surface area contributed by atoms with Gasteiger partial charge in [-0.05, 0) is 54.7 Å². The van der Waals surface area contributed by atoms with Crippen LogP contribution in [-0.2, 0) is 9.59 Å². The molecule has 1 amide bonds. The molecule has 0 spiro atoms. The highest BCUT2D eigenvalue weighted by Crippen LogP contribution is 2.50. The number of amides is 1. The molecule has 5 rings (SSSR count). The van der Waals surface area contributed by atoms with Crippen molar-refractivity contribution in [2.45, 2.75) is 65.0 Å². The molecule has 8 heteroatoms. The Balaban J connectivity index is 1.63. The minimum Gasteiger partial charge on any atom is -0.459 e. The zero-order chi connectivity index (χ0) is 27.0. The second-order valence-electron chi connectivity index (χ2n) is 11.1. The highest BCUT2D eigenvalue weighted by molar-refractivity contribution is 6.00. The van der Waals surface area contributed by atoms with E-state index in [-0.39, 0.29) is 33.8 Å². The molecule has 2 N–H and O–H groups in total. The smallest absolute Gasteiger partial charge is 0.316 e. The van der Waals surface area contributed by atoms with Gasteiger partial charge < -0.3 is 9.73 Å². The van der Waals surface area contributed by atoms with Crippen molar-refractivity contribution >= 4 is 28.8 Å². The molecule has 0 bridgehead atoms. The van der Waals surface area contributed by atoms with E-state index in [1.807, 2.05) is 36.4 Å². The van der Waals surface area contributed by atoms with Crippen molar-refractivity contribution in [3.8, 4) is 11.3 Å². The summed E-state index contributed by atoms with van der Waals surface area (Å²) >= 11 is 0. The van der Waals surface area contributed by atoms with Crippen LogP contribution in [0.2, 0.25) is 0 Å². The van der Waals surface area contributed by atoms with Crippen LogP contribution in [0, 0.1) is 16.2 Å². The van der Waals surface area contributed by atoms with E-state index in [2.05, 4.69) is 26.1 Å². The molecule has 198 valence electrons. The van der Waals surface area contributed by atoms with Crippen molar-refractivity contribution < 1.29 is 24.1 Å². The van der Waals surface area contributed by atoms with Crippen LogP contribution in [0.4, 0.5) is 17.1 Å². The number of fused-ring (bicyclic) bond motifs is 2. The third-order valence-electron chi connectivity index (χ3n) is 7.66. The van der Waals surface area contributed by atoms with Crippen molar-refractivity contribution in [2.24, 2.45) is 11.3 Å². The Bertz CT molecular complexity index is 1360. The molecule has 38 heavy (non-hydrogen) atoms. The maximum absolute atomic E-state index is 13.8.